The number of rotatable bonds is 5. The number of hydrogen-bond donors (Lipinski definition) is 1. The molecule has 0 bridgehead atoms. The average molecular weight is 415 g/mol. The summed E-state index contributed by atoms with van der Waals surface area (Å²) in [6.45, 7) is 2.57. The molecule has 0 aliphatic carbocycles. The molecule has 2 aromatic rings. The third-order valence-electron chi connectivity index (χ3n) is 4.48. The first-order valence-electron chi connectivity index (χ1n) is 8.91. The predicted molar refractivity (Wildman–Crippen MR) is 107 cm³/mol. The summed E-state index contributed by atoms with van der Waals surface area (Å²) in [5, 5.41) is 2.98. The van der Waals surface area contributed by atoms with Crippen molar-refractivity contribution in [3.63, 3.8) is 0 Å². The molecular formula is C21H19ClN2O5. The Balaban J connectivity index is 1.57. The lowest BCUT2D eigenvalue weighted by atomic mass is 9.98. The molecule has 0 saturated heterocycles. The molecule has 0 saturated carbocycles. The Hall–Kier alpha value is -3.19. The molecule has 1 N–H and O–H groups in total. The number of esters is 1. The molecule has 3 rings (SSSR count). The number of ether oxygens (including phenoxy) is 1. The molecule has 7 nitrogen and oxygen atoms in total. The van der Waals surface area contributed by atoms with Crippen LogP contribution in [-0.2, 0) is 25.5 Å². The zero-order chi connectivity index (χ0) is 21.1. The van der Waals surface area contributed by atoms with E-state index in [1.807, 2.05) is 13.0 Å². The van der Waals surface area contributed by atoms with Gasteiger partial charge in [0.05, 0.1) is 17.1 Å². The largest absolute Gasteiger partial charge is 0.454 e. The van der Waals surface area contributed by atoms with Gasteiger partial charge in [0.15, 0.2) is 6.61 Å². The van der Waals surface area contributed by atoms with E-state index >= 15 is 0 Å². The maximum absolute atomic E-state index is 12.4. The van der Waals surface area contributed by atoms with Crippen molar-refractivity contribution in [1.29, 1.82) is 0 Å². The molecule has 0 aromatic heterocycles. The van der Waals surface area contributed by atoms with Crippen LogP contribution in [0.2, 0.25) is 5.02 Å². The molecule has 0 radical (unpaired) electrons. The quantitative estimate of drug-likeness (QED) is 0.599. The third kappa shape index (κ3) is 4.63. The SMILES string of the molecule is Cc1cc(C)c(NC(=O)COC(=O)CN2C(=O)Cc3ccccc3C2=O)c(Cl)c1. The number of halogens is 1. The van der Waals surface area contributed by atoms with E-state index in [1.165, 1.54) is 0 Å². The predicted octanol–water partition coefficient (Wildman–Crippen LogP) is 2.66. The molecule has 1 heterocycles. The summed E-state index contributed by atoms with van der Waals surface area (Å²) in [4.78, 5) is 49.6. The van der Waals surface area contributed by atoms with E-state index in [0.717, 1.165) is 16.0 Å². The van der Waals surface area contributed by atoms with Gasteiger partial charge in [0.1, 0.15) is 6.54 Å². The van der Waals surface area contributed by atoms with Crippen LogP contribution in [0.4, 0.5) is 5.69 Å². The van der Waals surface area contributed by atoms with Crippen molar-refractivity contribution in [2.45, 2.75) is 20.3 Å². The fourth-order valence-electron chi connectivity index (χ4n) is 3.13. The van der Waals surface area contributed by atoms with Gasteiger partial charge in [-0.1, -0.05) is 35.9 Å². The van der Waals surface area contributed by atoms with Crippen molar-refractivity contribution in [2.75, 3.05) is 18.5 Å². The van der Waals surface area contributed by atoms with Crippen molar-refractivity contribution < 1.29 is 23.9 Å². The molecule has 0 spiro atoms. The second-order valence-corrected chi connectivity index (χ2v) is 7.17. The Morgan fingerprint density at radius 2 is 1.90 bits per heavy atom. The summed E-state index contributed by atoms with van der Waals surface area (Å²) >= 11 is 6.14. The van der Waals surface area contributed by atoms with Gasteiger partial charge < -0.3 is 10.1 Å². The Bertz CT molecular complexity index is 995. The van der Waals surface area contributed by atoms with Gasteiger partial charge in [-0.05, 0) is 42.7 Å². The molecule has 8 heteroatoms. The first kappa shape index (κ1) is 20.5. The van der Waals surface area contributed by atoms with Crippen molar-refractivity contribution in [1.82, 2.24) is 4.90 Å². The summed E-state index contributed by atoms with van der Waals surface area (Å²) in [6.07, 6.45) is 0.0287. The number of hydrogen-bond acceptors (Lipinski definition) is 5. The van der Waals surface area contributed by atoms with Gasteiger partial charge in [0, 0.05) is 5.56 Å². The second kappa shape index (κ2) is 8.45. The molecular weight excluding hydrogens is 396 g/mol. The second-order valence-electron chi connectivity index (χ2n) is 6.77. The van der Waals surface area contributed by atoms with Crippen LogP contribution in [0.3, 0.4) is 0 Å². The third-order valence-corrected chi connectivity index (χ3v) is 4.78. The lowest BCUT2D eigenvalue weighted by Gasteiger charge is -2.25. The summed E-state index contributed by atoms with van der Waals surface area (Å²) in [7, 11) is 0. The van der Waals surface area contributed by atoms with Crippen molar-refractivity contribution >= 4 is 41.0 Å². The number of anilines is 1. The molecule has 0 unspecified atom stereocenters. The lowest BCUT2D eigenvalue weighted by Crippen LogP contribution is -2.45. The highest BCUT2D eigenvalue weighted by atomic mass is 35.5. The first-order chi connectivity index (χ1) is 13.8. The molecule has 29 heavy (non-hydrogen) atoms. The number of carbonyl (C=O) groups excluding carboxylic acids is 4. The zero-order valence-electron chi connectivity index (χ0n) is 16.0. The smallest absolute Gasteiger partial charge is 0.326 e. The summed E-state index contributed by atoms with van der Waals surface area (Å²) in [5.41, 5.74) is 3.17. The summed E-state index contributed by atoms with van der Waals surface area (Å²) in [5.74, 6) is -2.47. The van der Waals surface area contributed by atoms with Crippen LogP contribution in [-0.4, -0.2) is 41.7 Å². The highest BCUT2D eigenvalue weighted by Crippen LogP contribution is 2.27. The summed E-state index contributed by atoms with van der Waals surface area (Å²) in [6, 6.07) is 10.3. The Labute approximate surface area is 172 Å². The van der Waals surface area contributed by atoms with E-state index in [9.17, 15) is 19.2 Å². The van der Waals surface area contributed by atoms with Gasteiger partial charge in [-0.25, -0.2) is 0 Å². The highest BCUT2D eigenvalue weighted by Gasteiger charge is 2.32. The zero-order valence-corrected chi connectivity index (χ0v) is 16.7. The number of carbonyl (C=O) groups is 4. The maximum Gasteiger partial charge on any atom is 0.326 e. The molecule has 0 fully saturated rings. The van der Waals surface area contributed by atoms with Gasteiger partial charge in [0.2, 0.25) is 5.91 Å². The number of imide groups is 1. The first-order valence-corrected chi connectivity index (χ1v) is 9.29. The number of nitrogens with zero attached hydrogens (tertiary/aromatic N) is 1. The van der Waals surface area contributed by atoms with Gasteiger partial charge in [-0.15, -0.1) is 0 Å². The van der Waals surface area contributed by atoms with Crippen molar-refractivity contribution in [3.8, 4) is 0 Å². The van der Waals surface area contributed by atoms with Crippen molar-refractivity contribution in [2.24, 2.45) is 0 Å². The Morgan fingerprint density at radius 1 is 1.17 bits per heavy atom. The molecule has 2 aromatic carbocycles. The molecule has 1 aliphatic rings. The standard InChI is InChI=1S/C21H19ClN2O5/c1-12-7-13(2)20(16(22)8-12)23-17(25)11-29-19(27)10-24-18(26)9-14-5-3-4-6-15(14)21(24)28/h3-8H,9-11H2,1-2H3,(H,23,25). The van der Waals surface area contributed by atoms with Gasteiger partial charge >= 0.3 is 5.97 Å². The monoisotopic (exact) mass is 414 g/mol. The number of benzene rings is 2. The minimum absolute atomic E-state index is 0.0287. The van der Waals surface area contributed by atoms with E-state index in [-0.39, 0.29) is 6.42 Å². The van der Waals surface area contributed by atoms with Crippen LogP contribution in [0, 0.1) is 13.8 Å². The average Bonchev–Trinajstić information content (AvgIpc) is 2.66. The number of aryl methyl sites for hydroxylation is 2. The molecule has 150 valence electrons. The molecule has 0 atom stereocenters. The lowest BCUT2D eigenvalue weighted by molar-refractivity contribution is -0.150. The number of amides is 3. The van der Waals surface area contributed by atoms with Gasteiger partial charge in [-0.2, -0.15) is 0 Å². The highest BCUT2D eigenvalue weighted by molar-refractivity contribution is 6.34. The van der Waals surface area contributed by atoms with Crippen LogP contribution >= 0.6 is 11.6 Å². The number of fused-ring (bicyclic) bond motifs is 1. The van der Waals surface area contributed by atoms with Crippen LogP contribution in [0.5, 0.6) is 0 Å². The maximum atomic E-state index is 12.4. The molecule has 3 amide bonds. The Kier molecular flexibility index (Phi) is 5.98. The fourth-order valence-corrected chi connectivity index (χ4v) is 3.50. The van der Waals surface area contributed by atoms with Crippen molar-refractivity contribution in [3.05, 3.63) is 63.7 Å². The molecule has 1 aliphatic heterocycles. The fraction of sp³-hybridized carbons (Fsp3) is 0.238. The topological polar surface area (TPSA) is 92.8 Å². The van der Waals surface area contributed by atoms with Crippen LogP contribution in [0.15, 0.2) is 36.4 Å². The number of nitrogens with one attached hydrogen (secondary N) is 1. The van der Waals surface area contributed by atoms with E-state index in [0.29, 0.717) is 21.8 Å². The van der Waals surface area contributed by atoms with Crippen LogP contribution in [0.1, 0.15) is 27.0 Å². The van der Waals surface area contributed by atoms with Gasteiger partial charge in [0.25, 0.3) is 11.8 Å². The Morgan fingerprint density at radius 3 is 2.62 bits per heavy atom. The minimum atomic E-state index is -0.854. The normalized spacial score (nSPS) is 13.1. The van der Waals surface area contributed by atoms with E-state index in [4.69, 9.17) is 16.3 Å². The van der Waals surface area contributed by atoms with Crippen LogP contribution in [0.25, 0.3) is 0 Å². The van der Waals surface area contributed by atoms with E-state index < -0.39 is 36.8 Å². The van der Waals surface area contributed by atoms with E-state index in [1.54, 1.807) is 37.3 Å². The van der Waals surface area contributed by atoms with Crippen LogP contribution < -0.4 is 5.32 Å². The minimum Gasteiger partial charge on any atom is -0.454 e. The summed E-state index contributed by atoms with van der Waals surface area (Å²) < 4.78 is 4.93. The van der Waals surface area contributed by atoms with E-state index in [2.05, 4.69) is 5.32 Å². The van der Waals surface area contributed by atoms with Gasteiger partial charge in [-0.3, -0.25) is 24.1 Å².